The van der Waals surface area contributed by atoms with Crippen LogP contribution < -0.4 is 5.69 Å². The Morgan fingerprint density at radius 1 is 1.05 bits per heavy atom. The fourth-order valence-electron chi connectivity index (χ4n) is 1.85. The highest BCUT2D eigenvalue weighted by Gasteiger charge is 2.20. The van der Waals surface area contributed by atoms with Gasteiger partial charge in [0.05, 0.1) is 4.90 Å². The van der Waals surface area contributed by atoms with E-state index in [0.29, 0.717) is 11.4 Å². The summed E-state index contributed by atoms with van der Waals surface area (Å²) in [6.07, 6.45) is 0. The van der Waals surface area contributed by atoms with Crippen LogP contribution in [0.2, 0.25) is 0 Å². The monoisotopic (exact) mass is 278 g/mol. The molecule has 0 atom stereocenters. The zero-order valence-corrected chi connectivity index (χ0v) is 11.7. The topological polar surface area (TPSA) is 69.0 Å². The van der Waals surface area contributed by atoms with E-state index in [1.165, 1.54) is 12.1 Å². The largest absolute Gasteiger partial charge is 0.362 e. The molecule has 0 radical (unpaired) electrons. The van der Waals surface area contributed by atoms with Crippen molar-refractivity contribution in [1.82, 2.24) is 8.96 Å². The van der Waals surface area contributed by atoms with Crippen LogP contribution in [0.25, 0.3) is 0 Å². The molecule has 5 nitrogen and oxygen atoms in total. The van der Waals surface area contributed by atoms with E-state index in [9.17, 15) is 13.2 Å². The second-order valence-electron chi connectivity index (χ2n) is 4.40. The molecule has 19 heavy (non-hydrogen) atoms. The second-order valence-corrected chi connectivity index (χ2v) is 6.19. The number of aromatic nitrogens is 2. The molecular weight excluding hydrogens is 264 g/mol. The fraction of sp³-hybridized carbons (Fsp3) is 0.231. The van der Waals surface area contributed by atoms with Gasteiger partial charge in [-0.2, -0.15) is 8.96 Å². The average molecular weight is 278 g/mol. The summed E-state index contributed by atoms with van der Waals surface area (Å²) < 4.78 is 25.6. The van der Waals surface area contributed by atoms with Crippen LogP contribution in [0.15, 0.2) is 40.0 Å². The van der Waals surface area contributed by atoms with Gasteiger partial charge in [-0.1, -0.05) is 17.7 Å². The number of aryl methyl sites for hydroxylation is 3. The number of nitrogens with zero attached hydrogens (tertiary/aromatic N) is 2. The van der Waals surface area contributed by atoms with Crippen LogP contribution in [0.3, 0.4) is 0 Å². The minimum atomic E-state index is -3.89. The Balaban J connectivity index is 2.70. The summed E-state index contributed by atoms with van der Waals surface area (Å²) in [7, 11) is -3.89. The van der Waals surface area contributed by atoms with Gasteiger partial charge in [0.15, 0.2) is 0 Å². The van der Waals surface area contributed by atoms with Gasteiger partial charge in [0.25, 0.3) is 10.0 Å². The van der Waals surface area contributed by atoms with Crippen LogP contribution in [0.5, 0.6) is 0 Å². The van der Waals surface area contributed by atoms with Gasteiger partial charge in [0.2, 0.25) is 0 Å². The predicted octanol–water partition coefficient (Wildman–Crippen LogP) is 1.41. The molecule has 0 aliphatic rings. The molecule has 0 aliphatic carbocycles. The van der Waals surface area contributed by atoms with Crippen molar-refractivity contribution in [3.05, 3.63) is 57.8 Å². The molecule has 0 bridgehead atoms. The van der Waals surface area contributed by atoms with E-state index in [1.54, 1.807) is 32.0 Å². The van der Waals surface area contributed by atoms with Crippen molar-refractivity contribution in [3.8, 4) is 0 Å². The van der Waals surface area contributed by atoms with E-state index < -0.39 is 15.7 Å². The normalized spacial score (nSPS) is 11.5. The van der Waals surface area contributed by atoms with Crippen molar-refractivity contribution in [2.24, 2.45) is 0 Å². The zero-order chi connectivity index (χ0) is 14.2. The Hall–Kier alpha value is -1.95. The quantitative estimate of drug-likeness (QED) is 0.832. The Morgan fingerprint density at radius 3 is 2.16 bits per heavy atom. The third-order valence-corrected chi connectivity index (χ3v) is 4.54. The molecule has 0 unspecified atom stereocenters. The van der Waals surface area contributed by atoms with Crippen LogP contribution in [0.1, 0.15) is 17.0 Å². The van der Waals surface area contributed by atoms with Crippen LogP contribution >= 0.6 is 0 Å². The third-order valence-electron chi connectivity index (χ3n) is 2.74. The molecule has 0 spiro atoms. The molecule has 0 fully saturated rings. The Bertz CT molecular complexity index is 775. The first kappa shape index (κ1) is 13.5. The highest BCUT2D eigenvalue weighted by Crippen LogP contribution is 2.14. The lowest BCUT2D eigenvalue weighted by molar-refractivity contribution is 0.582. The molecule has 1 heterocycles. The average Bonchev–Trinajstić information content (AvgIpc) is 2.27. The van der Waals surface area contributed by atoms with Crippen LogP contribution in [0.4, 0.5) is 0 Å². The maximum absolute atomic E-state index is 12.4. The molecule has 1 aromatic carbocycles. The minimum absolute atomic E-state index is 0.0777. The molecule has 1 aromatic heterocycles. The molecule has 6 heteroatoms. The highest BCUT2D eigenvalue weighted by molar-refractivity contribution is 7.90. The molecular formula is C13H14N2O3S. The first-order valence-corrected chi connectivity index (χ1v) is 7.16. The molecule has 0 saturated carbocycles. The van der Waals surface area contributed by atoms with Gasteiger partial charge in [0.1, 0.15) is 0 Å². The Kier molecular flexibility index (Phi) is 3.28. The van der Waals surface area contributed by atoms with Crippen molar-refractivity contribution in [1.29, 1.82) is 0 Å². The number of hydrogen-bond acceptors (Lipinski definition) is 4. The van der Waals surface area contributed by atoms with E-state index in [0.717, 1.165) is 9.54 Å². The summed E-state index contributed by atoms with van der Waals surface area (Å²) >= 11 is 0. The number of rotatable bonds is 2. The van der Waals surface area contributed by atoms with Crippen LogP contribution in [0, 0.1) is 20.8 Å². The van der Waals surface area contributed by atoms with Gasteiger partial charge in [0, 0.05) is 11.4 Å². The van der Waals surface area contributed by atoms with Gasteiger partial charge in [-0.3, -0.25) is 0 Å². The summed E-state index contributed by atoms with van der Waals surface area (Å²) in [5.41, 5.74) is 1.01. The van der Waals surface area contributed by atoms with Gasteiger partial charge in [-0.25, -0.2) is 13.2 Å². The number of hydrogen-bond donors (Lipinski definition) is 0. The van der Waals surface area contributed by atoms with E-state index in [1.807, 2.05) is 6.92 Å². The second kappa shape index (κ2) is 4.62. The Morgan fingerprint density at radius 2 is 1.63 bits per heavy atom. The summed E-state index contributed by atoms with van der Waals surface area (Å²) in [4.78, 5) is 15.6. The SMILES string of the molecule is Cc1ccc(S(=O)(=O)n2c(C)cc(C)nc2=O)cc1. The van der Waals surface area contributed by atoms with Crippen LogP contribution in [-0.2, 0) is 10.0 Å². The molecule has 100 valence electrons. The minimum Gasteiger partial charge on any atom is -0.245 e. The van der Waals surface area contributed by atoms with E-state index in [2.05, 4.69) is 4.98 Å². The van der Waals surface area contributed by atoms with Crippen molar-refractivity contribution >= 4 is 10.0 Å². The smallest absolute Gasteiger partial charge is 0.245 e. The molecule has 0 amide bonds. The molecule has 0 aliphatic heterocycles. The lowest BCUT2D eigenvalue weighted by Crippen LogP contribution is -2.31. The van der Waals surface area contributed by atoms with Crippen LogP contribution in [-0.4, -0.2) is 17.4 Å². The van der Waals surface area contributed by atoms with Crippen molar-refractivity contribution in [2.45, 2.75) is 25.7 Å². The van der Waals surface area contributed by atoms with Gasteiger partial charge >= 0.3 is 5.69 Å². The summed E-state index contributed by atoms with van der Waals surface area (Å²) in [6.45, 7) is 5.08. The molecule has 2 rings (SSSR count). The molecule has 2 aromatic rings. The Labute approximate surface area is 111 Å². The summed E-state index contributed by atoms with van der Waals surface area (Å²) in [5, 5.41) is 0. The van der Waals surface area contributed by atoms with Gasteiger partial charge in [-0.15, -0.1) is 0 Å². The third kappa shape index (κ3) is 2.44. The summed E-state index contributed by atoms with van der Waals surface area (Å²) in [5.74, 6) is 0. The fourth-order valence-corrected chi connectivity index (χ4v) is 3.22. The molecule has 0 N–H and O–H groups in total. The maximum Gasteiger partial charge on any atom is 0.362 e. The lowest BCUT2D eigenvalue weighted by atomic mass is 10.2. The number of benzene rings is 1. The van der Waals surface area contributed by atoms with Crippen molar-refractivity contribution in [3.63, 3.8) is 0 Å². The maximum atomic E-state index is 12.4. The highest BCUT2D eigenvalue weighted by atomic mass is 32.2. The van der Waals surface area contributed by atoms with Crippen molar-refractivity contribution in [2.75, 3.05) is 0 Å². The lowest BCUT2D eigenvalue weighted by Gasteiger charge is -2.10. The predicted molar refractivity (Wildman–Crippen MR) is 71.7 cm³/mol. The first-order valence-electron chi connectivity index (χ1n) is 5.72. The zero-order valence-electron chi connectivity index (χ0n) is 10.9. The van der Waals surface area contributed by atoms with E-state index >= 15 is 0 Å². The molecule has 0 saturated heterocycles. The van der Waals surface area contributed by atoms with E-state index in [4.69, 9.17) is 0 Å². The standard InChI is InChI=1S/C13H14N2O3S/c1-9-4-6-12(7-5-9)19(17,18)15-11(3)8-10(2)14-13(15)16/h4-8H,1-3H3. The summed E-state index contributed by atoms with van der Waals surface area (Å²) in [6, 6.07) is 7.91. The van der Waals surface area contributed by atoms with Crippen molar-refractivity contribution < 1.29 is 8.42 Å². The van der Waals surface area contributed by atoms with Gasteiger partial charge in [-0.05, 0) is 39.0 Å². The van der Waals surface area contributed by atoms with E-state index in [-0.39, 0.29) is 4.90 Å². The van der Waals surface area contributed by atoms with Gasteiger partial charge < -0.3 is 0 Å². The first-order chi connectivity index (χ1) is 8.82.